The van der Waals surface area contributed by atoms with Crippen LogP contribution in [0.3, 0.4) is 0 Å². The number of benzene rings is 1. The van der Waals surface area contributed by atoms with Crippen LogP contribution in [0.4, 0.5) is 0 Å². The Balaban J connectivity index is 1.89. The van der Waals surface area contributed by atoms with Gasteiger partial charge in [0.1, 0.15) is 11.5 Å². The van der Waals surface area contributed by atoms with Gasteiger partial charge in [0.2, 0.25) is 0 Å². The number of rotatable bonds is 4. The molecule has 2 atom stereocenters. The third-order valence-corrected chi connectivity index (χ3v) is 5.71. The third kappa shape index (κ3) is 4.37. The molecule has 5 nitrogen and oxygen atoms in total. The normalized spacial score (nSPS) is 20.7. The van der Waals surface area contributed by atoms with Crippen LogP contribution in [0.5, 0.6) is 0 Å². The van der Waals surface area contributed by atoms with Crippen LogP contribution in [0.1, 0.15) is 29.0 Å². The van der Waals surface area contributed by atoms with Gasteiger partial charge in [-0.05, 0) is 58.0 Å². The smallest absolute Gasteiger partial charge is 0.257 e. The molecule has 1 saturated heterocycles. The molecule has 1 aromatic carbocycles. The minimum absolute atomic E-state index is 0.0539. The molecule has 27 heavy (non-hydrogen) atoms. The summed E-state index contributed by atoms with van der Waals surface area (Å²) in [5, 5.41) is 10.3. The predicted molar refractivity (Wildman–Crippen MR) is 107 cm³/mol. The van der Waals surface area contributed by atoms with Crippen LogP contribution in [0.15, 0.2) is 34.7 Å². The van der Waals surface area contributed by atoms with Crippen LogP contribution in [0, 0.1) is 12.8 Å². The molecule has 0 radical (unpaired) electrons. The highest BCUT2D eigenvalue weighted by atomic mass is 35.5. The molecule has 0 aliphatic carbocycles. The van der Waals surface area contributed by atoms with Crippen molar-refractivity contribution in [1.29, 1.82) is 0 Å². The summed E-state index contributed by atoms with van der Waals surface area (Å²) in [4.78, 5) is 17.3. The van der Waals surface area contributed by atoms with E-state index in [1.807, 2.05) is 37.2 Å². The van der Waals surface area contributed by atoms with Gasteiger partial charge >= 0.3 is 0 Å². The number of aryl methyl sites for hydroxylation is 1. The molecule has 1 aliphatic rings. The average molecular weight is 391 g/mol. The predicted octanol–water partition coefficient (Wildman–Crippen LogP) is 3.68. The number of carbonyl (C=O) groups excluding carboxylic acids is 1. The Labute approximate surface area is 165 Å². The van der Waals surface area contributed by atoms with Gasteiger partial charge < -0.3 is 19.3 Å². The number of carbonyl (C=O) groups is 1. The Bertz CT molecular complexity index is 802. The number of nitrogens with zero attached hydrogens (tertiary/aromatic N) is 2. The van der Waals surface area contributed by atoms with Gasteiger partial charge in [0.15, 0.2) is 0 Å². The van der Waals surface area contributed by atoms with Gasteiger partial charge in [0.25, 0.3) is 5.91 Å². The molecular weight excluding hydrogens is 364 g/mol. The van der Waals surface area contributed by atoms with Gasteiger partial charge in [0.05, 0.1) is 10.6 Å². The van der Waals surface area contributed by atoms with Crippen molar-refractivity contribution < 1.29 is 14.3 Å². The first-order chi connectivity index (χ1) is 12.9. The number of amides is 1. The van der Waals surface area contributed by atoms with Crippen molar-refractivity contribution in [3.8, 4) is 11.3 Å². The van der Waals surface area contributed by atoms with Crippen LogP contribution < -0.4 is 0 Å². The molecule has 1 amide bonds. The molecule has 3 rings (SSSR count). The summed E-state index contributed by atoms with van der Waals surface area (Å²) in [6, 6.07) is 9.50. The van der Waals surface area contributed by atoms with Crippen molar-refractivity contribution in [3.63, 3.8) is 0 Å². The fourth-order valence-corrected chi connectivity index (χ4v) is 3.88. The summed E-state index contributed by atoms with van der Waals surface area (Å²) >= 11 is 6.27. The molecular formula is C21H27ClN2O3. The molecule has 1 fully saturated rings. The van der Waals surface area contributed by atoms with Crippen LogP contribution in [0.25, 0.3) is 11.3 Å². The Morgan fingerprint density at radius 3 is 2.70 bits per heavy atom. The quantitative estimate of drug-likeness (QED) is 0.865. The molecule has 2 heterocycles. The van der Waals surface area contributed by atoms with Crippen LogP contribution in [-0.2, 0) is 0 Å². The number of hydrogen-bond acceptors (Lipinski definition) is 4. The van der Waals surface area contributed by atoms with E-state index in [9.17, 15) is 9.90 Å². The maximum Gasteiger partial charge on any atom is 0.257 e. The number of aliphatic hydroxyl groups is 1. The van der Waals surface area contributed by atoms with E-state index in [1.165, 1.54) is 0 Å². The number of halogens is 1. The van der Waals surface area contributed by atoms with E-state index in [0.717, 1.165) is 18.4 Å². The Kier molecular flexibility index (Phi) is 6.25. The maximum atomic E-state index is 13.3. The SMILES string of the molecule is Cc1oc(-c2ccccc2Cl)cc1C(=O)N1C[C@@H](CO)CC[C@@H](N(C)C)C1. The topological polar surface area (TPSA) is 56.9 Å². The summed E-state index contributed by atoms with van der Waals surface area (Å²) in [7, 11) is 4.07. The van der Waals surface area contributed by atoms with E-state index in [2.05, 4.69) is 4.90 Å². The zero-order chi connectivity index (χ0) is 19.6. The highest BCUT2D eigenvalue weighted by Crippen LogP contribution is 2.32. The van der Waals surface area contributed by atoms with Crippen LogP contribution in [0.2, 0.25) is 5.02 Å². The second-order valence-corrected chi connectivity index (χ2v) is 7.92. The summed E-state index contributed by atoms with van der Waals surface area (Å²) in [6.07, 6.45) is 1.88. The molecule has 6 heteroatoms. The van der Waals surface area contributed by atoms with E-state index in [1.54, 1.807) is 19.1 Å². The molecule has 0 spiro atoms. The van der Waals surface area contributed by atoms with E-state index in [4.69, 9.17) is 16.0 Å². The maximum absolute atomic E-state index is 13.3. The Morgan fingerprint density at radius 1 is 1.30 bits per heavy atom. The first-order valence-electron chi connectivity index (χ1n) is 9.32. The molecule has 1 aliphatic heterocycles. The molecule has 0 bridgehead atoms. The lowest BCUT2D eigenvalue weighted by molar-refractivity contribution is 0.0687. The van der Waals surface area contributed by atoms with Crippen molar-refractivity contribution in [2.75, 3.05) is 33.8 Å². The number of likely N-dealkylation sites (tertiary alicyclic amines) is 1. The molecule has 146 valence electrons. The first kappa shape index (κ1) is 19.9. The van der Waals surface area contributed by atoms with Gasteiger partial charge in [-0.3, -0.25) is 4.79 Å². The lowest BCUT2D eigenvalue weighted by Gasteiger charge is -2.29. The second kappa shape index (κ2) is 8.46. The molecule has 0 unspecified atom stereocenters. The standard InChI is InChI=1S/C21H27ClN2O3/c1-14-18(10-20(27-14)17-6-4-5-7-19(17)22)21(26)24-11-15(13-25)8-9-16(12-24)23(2)3/h4-7,10,15-16,25H,8-9,11-13H2,1-3H3/t15-,16+/m0/s1. The van der Waals surface area contributed by atoms with Crippen LogP contribution in [-0.4, -0.2) is 60.6 Å². The van der Waals surface area contributed by atoms with Gasteiger partial charge in [-0.2, -0.15) is 0 Å². The number of hydrogen-bond donors (Lipinski definition) is 1. The summed E-state index contributed by atoms with van der Waals surface area (Å²) in [5.74, 6) is 1.23. The van der Waals surface area contributed by atoms with Gasteiger partial charge in [-0.15, -0.1) is 0 Å². The minimum Gasteiger partial charge on any atom is -0.460 e. The lowest BCUT2D eigenvalue weighted by atomic mass is 10.0. The van der Waals surface area contributed by atoms with Crippen molar-refractivity contribution in [1.82, 2.24) is 9.80 Å². The highest BCUT2D eigenvalue weighted by Gasteiger charge is 2.30. The minimum atomic E-state index is -0.0539. The van der Waals surface area contributed by atoms with Crippen molar-refractivity contribution in [3.05, 3.63) is 46.7 Å². The van der Waals surface area contributed by atoms with Crippen LogP contribution >= 0.6 is 11.6 Å². The highest BCUT2D eigenvalue weighted by molar-refractivity contribution is 6.33. The lowest BCUT2D eigenvalue weighted by Crippen LogP contribution is -2.42. The Hall–Kier alpha value is -1.82. The van der Waals surface area contributed by atoms with E-state index in [0.29, 0.717) is 35.2 Å². The number of furan rings is 1. The molecule has 1 N–H and O–H groups in total. The van der Waals surface area contributed by atoms with Gasteiger partial charge in [-0.1, -0.05) is 23.7 Å². The average Bonchev–Trinajstić information content (AvgIpc) is 2.89. The summed E-state index contributed by atoms with van der Waals surface area (Å²) < 4.78 is 5.86. The third-order valence-electron chi connectivity index (χ3n) is 5.38. The molecule has 1 aromatic heterocycles. The first-order valence-corrected chi connectivity index (χ1v) is 9.70. The second-order valence-electron chi connectivity index (χ2n) is 7.51. The molecule has 2 aromatic rings. The number of likely N-dealkylation sites (N-methyl/N-ethyl adjacent to an activating group) is 1. The Morgan fingerprint density at radius 2 is 2.04 bits per heavy atom. The summed E-state index contributed by atoms with van der Waals surface area (Å²) in [6.45, 7) is 3.11. The molecule has 0 saturated carbocycles. The monoisotopic (exact) mass is 390 g/mol. The van der Waals surface area contributed by atoms with Crippen molar-refractivity contribution in [2.24, 2.45) is 5.92 Å². The zero-order valence-corrected chi connectivity index (χ0v) is 16.9. The van der Waals surface area contributed by atoms with Crippen molar-refractivity contribution in [2.45, 2.75) is 25.8 Å². The largest absolute Gasteiger partial charge is 0.460 e. The number of aliphatic hydroxyl groups excluding tert-OH is 1. The van der Waals surface area contributed by atoms with Gasteiger partial charge in [-0.25, -0.2) is 0 Å². The summed E-state index contributed by atoms with van der Waals surface area (Å²) in [5.41, 5.74) is 1.33. The van der Waals surface area contributed by atoms with E-state index >= 15 is 0 Å². The fourth-order valence-electron chi connectivity index (χ4n) is 3.65. The van der Waals surface area contributed by atoms with Gasteiger partial charge in [0, 0.05) is 31.3 Å². The van der Waals surface area contributed by atoms with E-state index < -0.39 is 0 Å². The fraction of sp³-hybridized carbons (Fsp3) is 0.476. The van der Waals surface area contributed by atoms with Crippen molar-refractivity contribution >= 4 is 17.5 Å². The zero-order valence-electron chi connectivity index (χ0n) is 16.1. The van der Waals surface area contributed by atoms with E-state index in [-0.39, 0.29) is 24.5 Å².